The lowest BCUT2D eigenvalue weighted by atomic mass is 10.1. The molecule has 0 aromatic heterocycles. The van der Waals surface area contributed by atoms with Crippen molar-refractivity contribution >= 4 is 23.1 Å². The lowest BCUT2D eigenvalue weighted by molar-refractivity contribution is -0.274. The van der Waals surface area contributed by atoms with Crippen LogP contribution in [0.4, 0.5) is 18.9 Å². The van der Waals surface area contributed by atoms with Crippen LogP contribution in [0.25, 0.3) is 0 Å². The minimum atomic E-state index is -4.73. The van der Waals surface area contributed by atoms with E-state index in [1.165, 1.54) is 6.07 Å². The van der Waals surface area contributed by atoms with E-state index in [1.54, 1.807) is 6.07 Å². The van der Waals surface area contributed by atoms with Gasteiger partial charge in [0.05, 0.1) is 5.69 Å². The molecule has 2 aliphatic heterocycles. The summed E-state index contributed by atoms with van der Waals surface area (Å²) in [4.78, 5) is 6.52. The second-order valence-electron chi connectivity index (χ2n) is 5.21. The Balaban J connectivity index is 2.01. The van der Waals surface area contributed by atoms with Crippen LogP contribution >= 0.6 is 11.6 Å². The summed E-state index contributed by atoms with van der Waals surface area (Å²) in [5, 5.41) is 0.194. The molecule has 0 unspecified atom stereocenters. The highest BCUT2D eigenvalue weighted by atomic mass is 35.5. The van der Waals surface area contributed by atoms with Crippen LogP contribution in [0.1, 0.15) is 31.2 Å². The molecular formula is C14H14ClF3N2O. The largest absolute Gasteiger partial charge is 0.573 e. The molecule has 0 spiro atoms. The van der Waals surface area contributed by atoms with Gasteiger partial charge in [-0.3, -0.25) is 0 Å². The van der Waals surface area contributed by atoms with Gasteiger partial charge in [-0.2, -0.15) is 0 Å². The summed E-state index contributed by atoms with van der Waals surface area (Å²) in [7, 11) is 0. The predicted octanol–water partition coefficient (Wildman–Crippen LogP) is 4.66. The minimum absolute atomic E-state index is 0.194. The zero-order valence-electron chi connectivity index (χ0n) is 11.2. The quantitative estimate of drug-likeness (QED) is 0.752. The number of hydrogen-bond acceptors (Lipinski definition) is 3. The summed E-state index contributed by atoms with van der Waals surface area (Å²) in [6, 6.07) is 2.79. The monoisotopic (exact) mass is 318 g/mol. The summed E-state index contributed by atoms with van der Waals surface area (Å²) in [5.41, 5.74) is 0.928. The molecule has 0 aliphatic carbocycles. The third kappa shape index (κ3) is 3.26. The molecule has 1 saturated heterocycles. The summed E-state index contributed by atoms with van der Waals surface area (Å²) in [6.07, 6.45) is -0.699. The standard InChI is InChI=1S/C14H14ClF3N2O/c15-9-6-11-10(12(7-9)21-14(16,17)18)8-20-5-3-1-2-4-13(20)19-11/h6-7H,1-5,8H2. The normalized spacial score (nSPS) is 18.5. The van der Waals surface area contributed by atoms with Gasteiger partial charge in [0.1, 0.15) is 11.6 Å². The van der Waals surface area contributed by atoms with E-state index in [1.807, 2.05) is 4.90 Å². The molecule has 0 radical (unpaired) electrons. The number of ether oxygens (including phenoxy) is 1. The first kappa shape index (κ1) is 14.5. The van der Waals surface area contributed by atoms with Gasteiger partial charge in [-0.25, -0.2) is 4.99 Å². The van der Waals surface area contributed by atoms with Gasteiger partial charge in [-0.15, -0.1) is 13.2 Å². The number of rotatable bonds is 1. The Kier molecular flexibility index (Phi) is 3.73. The van der Waals surface area contributed by atoms with Crippen molar-refractivity contribution in [1.82, 2.24) is 4.90 Å². The molecule has 1 aromatic rings. The van der Waals surface area contributed by atoms with Crippen molar-refractivity contribution in [2.45, 2.75) is 38.6 Å². The molecule has 3 nitrogen and oxygen atoms in total. The number of aliphatic imine (C=N–C) groups is 1. The predicted molar refractivity (Wildman–Crippen MR) is 74.1 cm³/mol. The molecule has 0 saturated carbocycles. The van der Waals surface area contributed by atoms with Crippen molar-refractivity contribution in [1.29, 1.82) is 0 Å². The van der Waals surface area contributed by atoms with Crippen molar-refractivity contribution in [2.75, 3.05) is 6.54 Å². The number of fused-ring (bicyclic) bond motifs is 2. The lowest BCUT2D eigenvalue weighted by Gasteiger charge is -2.30. The highest BCUT2D eigenvalue weighted by Crippen LogP contribution is 2.40. The zero-order valence-corrected chi connectivity index (χ0v) is 12.0. The van der Waals surface area contributed by atoms with E-state index < -0.39 is 6.36 Å². The van der Waals surface area contributed by atoms with Crippen LogP contribution in [0.3, 0.4) is 0 Å². The van der Waals surface area contributed by atoms with Crippen molar-refractivity contribution in [3.05, 3.63) is 22.7 Å². The van der Waals surface area contributed by atoms with E-state index in [0.717, 1.165) is 38.1 Å². The smallest absolute Gasteiger partial charge is 0.405 e. The zero-order chi connectivity index (χ0) is 15.0. The van der Waals surface area contributed by atoms with E-state index in [4.69, 9.17) is 11.6 Å². The van der Waals surface area contributed by atoms with Crippen LogP contribution in [0.5, 0.6) is 5.75 Å². The molecule has 0 bridgehead atoms. The SMILES string of the molecule is FC(F)(F)Oc1cc(Cl)cc2c1CN1CCCCCC1=N2. The van der Waals surface area contributed by atoms with Crippen molar-refractivity contribution < 1.29 is 17.9 Å². The molecule has 0 amide bonds. The molecule has 114 valence electrons. The van der Waals surface area contributed by atoms with E-state index in [-0.39, 0.29) is 10.8 Å². The Morgan fingerprint density at radius 1 is 1.19 bits per heavy atom. The second-order valence-corrected chi connectivity index (χ2v) is 5.65. The van der Waals surface area contributed by atoms with E-state index in [9.17, 15) is 13.2 Å². The number of benzene rings is 1. The maximum Gasteiger partial charge on any atom is 0.573 e. The van der Waals surface area contributed by atoms with Gasteiger partial charge in [0, 0.05) is 30.1 Å². The highest BCUT2D eigenvalue weighted by Gasteiger charge is 2.34. The van der Waals surface area contributed by atoms with Gasteiger partial charge in [0.25, 0.3) is 0 Å². The van der Waals surface area contributed by atoms with Crippen LogP contribution < -0.4 is 4.74 Å². The third-order valence-corrected chi connectivity index (χ3v) is 3.89. The fraction of sp³-hybridized carbons (Fsp3) is 0.500. The van der Waals surface area contributed by atoms with Crippen molar-refractivity contribution in [2.24, 2.45) is 4.99 Å². The maximum atomic E-state index is 12.5. The summed E-state index contributed by atoms with van der Waals surface area (Å²) in [5.74, 6) is 0.678. The molecule has 0 N–H and O–H groups in total. The average Bonchev–Trinajstić information content (AvgIpc) is 2.59. The molecule has 2 aliphatic rings. The van der Waals surface area contributed by atoms with Crippen LogP contribution in [0, 0.1) is 0 Å². The first-order valence-electron chi connectivity index (χ1n) is 6.83. The molecule has 7 heteroatoms. The molecule has 3 rings (SSSR count). The van der Waals surface area contributed by atoms with Gasteiger partial charge in [-0.05, 0) is 25.0 Å². The summed E-state index contributed by atoms with van der Waals surface area (Å²) < 4.78 is 41.7. The van der Waals surface area contributed by atoms with Crippen LogP contribution in [0.2, 0.25) is 5.02 Å². The van der Waals surface area contributed by atoms with Crippen LogP contribution in [-0.4, -0.2) is 23.6 Å². The fourth-order valence-electron chi connectivity index (χ4n) is 2.75. The highest BCUT2D eigenvalue weighted by molar-refractivity contribution is 6.31. The Hall–Kier alpha value is -1.43. The summed E-state index contributed by atoms with van der Waals surface area (Å²) >= 11 is 5.89. The van der Waals surface area contributed by atoms with Crippen molar-refractivity contribution in [3.63, 3.8) is 0 Å². The first-order chi connectivity index (χ1) is 9.92. The van der Waals surface area contributed by atoms with Gasteiger partial charge < -0.3 is 9.64 Å². The van der Waals surface area contributed by atoms with Gasteiger partial charge in [0.15, 0.2) is 0 Å². The Bertz CT molecular complexity index is 586. The molecule has 21 heavy (non-hydrogen) atoms. The number of halogens is 4. The molecular weight excluding hydrogens is 305 g/mol. The molecule has 1 fully saturated rings. The molecule has 1 aromatic carbocycles. The minimum Gasteiger partial charge on any atom is -0.405 e. The number of nitrogens with zero attached hydrogens (tertiary/aromatic N) is 2. The third-order valence-electron chi connectivity index (χ3n) is 3.67. The van der Waals surface area contributed by atoms with Crippen molar-refractivity contribution in [3.8, 4) is 5.75 Å². The number of hydrogen-bond donors (Lipinski definition) is 0. The fourth-order valence-corrected chi connectivity index (χ4v) is 2.95. The average molecular weight is 319 g/mol. The van der Waals surface area contributed by atoms with Gasteiger partial charge >= 0.3 is 6.36 Å². The van der Waals surface area contributed by atoms with Gasteiger partial charge in [0.2, 0.25) is 0 Å². The second kappa shape index (κ2) is 5.40. The number of amidine groups is 1. The molecule has 0 atom stereocenters. The first-order valence-corrected chi connectivity index (χ1v) is 7.21. The Morgan fingerprint density at radius 2 is 2.00 bits per heavy atom. The Labute approximate surface area is 125 Å². The van der Waals surface area contributed by atoms with Crippen LogP contribution in [-0.2, 0) is 6.54 Å². The van der Waals surface area contributed by atoms with E-state index >= 15 is 0 Å². The topological polar surface area (TPSA) is 24.8 Å². The number of alkyl halides is 3. The Morgan fingerprint density at radius 3 is 2.76 bits per heavy atom. The lowest BCUT2D eigenvalue weighted by Crippen LogP contribution is -2.32. The van der Waals surface area contributed by atoms with E-state index in [0.29, 0.717) is 17.8 Å². The summed E-state index contributed by atoms with van der Waals surface area (Å²) in [6.45, 7) is 1.20. The maximum absolute atomic E-state index is 12.5. The van der Waals surface area contributed by atoms with Gasteiger partial charge in [-0.1, -0.05) is 18.0 Å². The van der Waals surface area contributed by atoms with Crippen LogP contribution in [0.15, 0.2) is 17.1 Å². The molecule has 2 heterocycles. The van der Waals surface area contributed by atoms with E-state index in [2.05, 4.69) is 9.73 Å².